The number of piperidine rings is 4. The van der Waals surface area contributed by atoms with E-state index in [1.807, 2.05) is 23.1 Å². The van der Waals surface area contributed by atoms with Crippen LogP contribution in [-0.4, -0.2) is 112 Å². The first-order chi connectivity index (χ1) is 31.8. The van der Waals surface area contributed by atoms with E-state index in [0.717, 1.165) is 74.6 Å². The quantitative estimate of drug-likeness (QED) is 0.140. The second-order valence-corrected chi connectivity index (χ2v) is 20.9. The number of likely N-dealkylation sites (tertiary alicyclic amines) is 2. The minimum absolute atomic E-state index is 0.0226. The van der Waals surface area contributed by atoms with Crippen molar-refractivity contribution >= 4 is 67.4 Å². The second-order valence-electron chi connectivity index (χ2n) is 18.0. The maximum Gasteiger partial charge on any atom is 0.329 e. The lowest BCUT2D eigenvalue weighted by molar-refractivity contribution is -0.138. The van der Waals surface area contributed by atoms with Gasteiger partial charge in [0, 0.05) is 69.8 Å². The maximum absolute atomic E-state index is 16.1. The molecule has 17 nitrogen and oxygen atoms in total. The third kappa shape index (κ3) is 9.18. The average Bonchev–Trinajstić information content (AvgIpc) is 3.86. The van der Waals surface area contributed by atoms with Gasteiger partial charge in [-0.2, -0.15) is 0 Å². The van der Waals surface area contributed by atoms with Crippen LogP contribution in [0.4, 0.5) is 21.7 Å². The number of anilines is 3. The number of para-hydroxylation sites is 1. The van der Waals surface area contributed by atoms with Crippen molar-refractivity contribution in [2.24, 2.45) is 18.9 Å². The number of rotatable bonds is 12. The van der Waals surface area contributed by atoms with Crippen LogP contribution in [0.15, 0.2) is 53.5 Å². The van der Waals surface area contributed by atoms with Crippen molar-refractivity contribution in [1.82, 2.24) is 39.2 Å². The Bertz CT molecular complexity index is 2820. The summed E-state index contributed by atoms with van der Waals surface area (Å²) >= 11 is 1.41. The third-order valence-corrected chi connectivity index (χ3v) is 16.4. The molecule has 4 fully saturated rings. The molecule has 5 aromatic rings. The molecule has 0 aliphatic carbocycles. The number of thiazole rings is 1. The molecule has 3 aromatic heterocycles. The summed E-state index contributed by atoms with van der Waals surface area (Å²) in [6.07, 6.45) is 7.47. The number of hydrogen-bond acceptors (Lipinski definition) is 13. The van der Waals surface area contributed by atoms with E-state index in [4.69, 9.17) is 10.7 Å². The number of benzene rings is 2. The number of sulfonamides is 1. The fraction of sp³-hybridized carbons (Fsp3) is 0.500. The molecule has 3 amide bonds. The lowest BCUT2D eigenvalue weighted by Crippen LogP contribution is -2.46. The normalized spacial score (nSPS) is 19.7. The predicted molar refractivity (Wildman–Crippen MR) is 252 cm³/mol. The van der Waals surface area contributed by atoms with Gasteiger partial charge in [0.25, 0.3) is 0 Å². The highest BCUT2D eigenvalue weighted by Gasteiger charge is 2.35. The maximum atomic E-state index is 16.1. The van der Waals surface area contributed by atoms with Gasteiger partial charge < -0.3 is 20.4 Å². The number of imidazole rings is 1. The number of carbonyl (C=O) groups is 3. The van der Waals surface area contributed by atoms with Gasteiger partial charge in [-0.05, 0) is 101 Å². The van der Waals surface area contributed by atoms with Crippen molar-refractivity contribution in [3.63, 3.8) is 0 Å². The monoisotopic (exact) mass is 941 g/mol. The Labute approximate surface area is 386 Å². The van der Waals surface area contributed by atoms with Crippen LogP contribution >= 0.6 is 11.3 Å². The van der Waals surface area contributed by atoms with E-state index >= 15 is 4.39 Å². The average molecular weight is 942 g/mol. The van der Waals surface area contributed by atoms with Crippen molar-refractivity contribution in [1.29, 1.82) is 0 Å². The summed E-state index contributed by atoms with van der Waals surface area (Å²) in [5, 5.41) is 3.18. The van der Waals surface area contributed by atoms with Gasteiger partial charge in [-0.1, -0.05) is 19.1 Å². The van der Waals surface area contributed by atoms with Gasteiger partial charge in [-0.15, -0.1) is 11.3 Å². The Balaban J connectivity index is 0.791. The number of imide groups is 1. The first-order valence-electron chi connectivity index (χ1n) is 23.0. The molecule has 0 spiro atoms. The Morgan fingerprint density at radius 2 is 1.68 bits per heavy atom. The van der Waals surface area contributed by atoms with Gasteiger partial charge in [-0.3, -0.25) is 33.6 Å². The molecular formula is C46H56FN11O6S2. The van der Waals surface area contributed by atoms with E-state index in [9.17, 15) is 27.6 Å². The molecule has 0 bridgehead atoms. The van der Waals surface area contributed by atoms with Crippen LogP contribution < -0.4 is 26.4 Å². The molecule has 7 heterocycles. The molecule has 0 unspecified atom stereocenters. The highest BCUT2D eigenvalue weighted by molar-refractivity contribution is 7.92. The van der Waals surface area contributed by atoms with Crippen LogP contribution in [-0.2, 0) is 31.5 Å². The zero-order valence-corrected chi connectivity index (χ0v) is 38.9. The van der Waals surface area contributed by atoms with Gasteiger partial charge in [0.05, 0.1) is 49.4 Å². The van der Waals surface area contributed by atoms with E-state index < -0.39 is 27.8 Å². The van der Waals surface area contributed by atoms with E-state index in [1.54, 1.807) is 36.7 Å². The number of nitrogens with two attached hydrogens (primary N) is 1. The molecule has 350 valence electrons. The molecule has 9 rings (SSSR count). The fourth-order valence-electron chi connectivity index (χ4n) is 10.2. The summed E-state index contributed by atoms with van der Waals surface area (Å²) < 4.78 is 46.8. The molecular weight excluding hydrogens is 886 g/mol. The molecule has 4 N–H and O–H groups in total. The van der Waals surface area contributed by atoms with Gasteiger partial charge >= 0.3 is 5.69 Å². The molecule has 4 saturated heterocycles. The fourth-order valence-corrected chi connectivity index (χ4v) is 12.6. The number of aryl methyl sites for hydroxylation is 1. The van der Waals surface area contributed by atoms with Crippen LogP contribution in [0.2, 0.25) is 0 Å². The molecule has 1 atom stereocenters. The largest absolute Gasteiger partial charge is 0.370 e. The Hall–Kier alpha value is -5.73. The first kappa shape index (κ1) is 45.4. The van der Waals surface area contributed by atoms with Crippen LogP contribution in [0.3, 0.4) is 0 Å². The summed E-state index contributed by atoms with van der Waals surface area (Å²) in [7, 11) is -2.00. The van der Waals surface area contributed by atoms with Crippen LogP contribution in [0.1, 0.15) is 81.7 Å². The number of nitrogens with one attached hydrogen (secondary N) is 2. The van der Waals surface area contributed by atoms with Crippen LogP contribution in [0.5, 0.6) is 0 Å². The van der Waals surface area contributed by atoms with Crippen molar-refractivity contribution in [3.8, 4) is 21.8 Å². The summed E-state index contributed by atoms with van der Waals surface area (Å²) in [5.41, 5.74) is 8.99. The number of hydrogen-bond donors (Lipinski definition) is 3. The van der Waals surface area contributed by atoms with E-state index in [-0.39, 0.29) is 58.7 Å². The zero-order valence-electron chi connectivity index (χ0n) is 37.2. The molecule has 4 aliphatic heterocycles. The van der Waals surface area contributed by atoms with E-state index in [2.05, 4.69) is 29.8 Å². The van der Waals surface area contributed by atoms with E-state index in [1.165, 1.54) is 28.2 Å². The van der Waals surface area contributed by atoms with Crippen LogP contribution in [0.25, 0.3) is 32.9 Å². The Kier molecular flexibility index (Phi) is 13.0. The highest BCUT2D eigenvalue weighted by Crippen LogP contribution is 2.43. The number of fused-ring (bicyclic) bond motifs is 1. The summed E-state index contributed by atoms with van der Waals surface area (Å²) in [6.45, 7) is 7.36. The minimum Gasteiger partial charge on any atom is -0.370 e. The lowest BCUT2D eigenvalue weighted by atomic mass is 9.90. The second kappa shape index (κ2) is 18.9. The Morgan fingerprint density at radius 3 is 2.39 bits per heavy atom. The van der Waals surface area contributed by atoms with Crippen molar-refractivity contribution in [2.75, 3.05) is 66.9 Å². The van der Waals surface area contributed by atoms with E-state index in [0.29, 0.717) is 66.5 Å². The van der Waals surface area contributed by atoms with Crippen molar-refractivity contribution < 1.29 is 27.2 Å². The summed E-state index contributed by atoms with van der Waals surface area (Å²) in [6, 6.07) is 11.4. The highest BCUT2D eigenvalue weighted by atomic mass is 32.2. The van der Waals surface area contributed by atoms with Crippen molar-refractivity contribution in [3.05, 3.63) is 70.0 Å². The summed E-state index contributed by atoms with van der Waals surface area (Å²) in [4.78, 5) is 72.8. The van der Waals surface area contributed by atoms with Crippen molar-refractivity contribution in [2.45, 2.75) is 76.7 Å². The van der Waals surface area contributed by atoms with Gasteiger partial charge in [0.2, 0.25) is 33.7 Å². The zero-order chi connectivity index (χ0) is 46.3. The molecule has 4 aliphatic rings. The standard InChI is InChI=1S/C46H56FN11O6S2/c1-3-26-66(63,64)53-32-7-4-6-31(38(32)47)39-41(33-12-19-49-45(48)50-33)65-43(52-39)29-17-24-57(25-18-29)44(61)30-15-20-55(21-16-30)27-28-13-22-56(23-14-28)34-8-5-9-35-40(34)54(2)46(62)58(35)36-10-11-37(59)51-42(36)60/h4-9,12,19,28-30,36,53H,3,10-11,13-18,20-27H2,1-2H3,(H2,48,49,50)(H,51,59,60)/t36-/m1/s1. The number of nitrogens with zero attached hydrogens (tertiary/aromatic N) is 8. The number of halogens is 1. The predicted octanol–water partition coefficient (Wildman–Crippen LogP) is 5.11. The minimum atomic E-state index is -3.74. The number of aromatic nitrogens is 5. The van der Waals surface area contributed by atoms with Gasteiger partial charge in [0.15, 0.2) is 5.82 Å². The SMILES string of the molecule is CCCS(=O)(=O)Nc1cccc(-c2nc(C3CCN(C(=O)C4CCN(CC5CCN(c6cccc7c6n(C)c(=O)n7[C@@H]6CCC(=O)NC6=O)CC5)CC4)CC3)sc2-c2ccnc(N)n2)c1F. The molecule has 66 heavy (non-hydrogen) atoms. The van der Waals surface area contributed by atoms with Crippen LogP contribution in [0, 0.1) is 17.7 Å². The third-order valence-electron chi connectivity index (χ3n) is 13.7. The van der Waals surface area contributed by atoms with Gasteiger partial charge in [0.1, 0.15) is 6.04 Å². The summed E-state index contributed by atoms with van der Waals surface area (Å²) in [5.74, 6) is -0.814. The molecule has 20 heteroatoms. The lowest BCUT2D eigenvalue weighted by Gasteiger charge is -2.39. The topological polar surface area (TPSA) is 211 Å². The smallest absolute Gasteiger partial charge is 0.329 e. The number of amides is 3. The Morgan fingerprint density at radius 1 is 0.939 bits per heavy atom. The van der Waals surface area contributed by atoms with Gasteiger partial charge in [-0.25, -0.2) is 32.6 Å². The molecule has 0 saturated carbocycles. The first-order valence-corrected chi connectivity index (χ1v) is 25.4. The number of nitrogen functional groups attached to an aromatic ring is 1. The molecule has 0 radical (unpaired) electrons. The molecule has 2 aromatic carbocycles. The number of carbonyl (C=O) groups excluding carboxylic acids is 3.